The largest absolute Gasteiger partial charge is 0.491 e. The van der Waals surface area contributed by atoms with E-state index in [0.717, 1.165) is 27.0 Å². The molecule has 2 rings (SSSR count). The maximum Gasteiger partial charge on any atom is 0.319 e. The SMILES string of the molecule is Cc1cc(C)c(OCCNC(=O)Nc2ccc(Br)cc2)c(C)c1. The van der Waals surface area contributed by atoms with E-state index in [-0.39, 0.29) is 6.03 Å². The summed E-state index contributed by atoms with van der Waals surface area (Å²) in [4.78, 5) is 11.8. The number of hydrogen-bond acceptors (Lipinski definition) is 2. The maximum atomic E-state index is 11.8. The maximum absolute atomic E-state index is 11.8. The van der Waals surface area contributed by atoms with Gasteiger partial charge in [0.2, 0.25) is 0 Å². The Labute approximate surface area is 145 Å². The number of aryl methyl sites for hydroxylation is 3. The summed E-state index contributed by atoms with van der Waals surface area (Å²) in [7, 11) is 0. The molecule has 2 aromatic carbocycles. The zero-order chi connectivity index (χ0) is 16.8. The number of carbonyl (C=O) groups is 1. The van der Waals surface area contributed by atoms with Crippen molar-refractivity contribution in [3.05, 3.63) is 57.6 Å². The van der Waals surface area contributed by atoms with E-state index in [4.69, 9.17) is 4.74 Å². The van der Waals surface area contributed by atoms with Gasteiger partial charge in [-0.25, -0.2) is 4.79 Å². The van der Waals surface area contributed by atoms with Gasteiger partial charge in [0.05, 0.1) is 6.54 Å². The van der Waals surface area contributed by atoms with E-state index < -0.39 is 0 Å². The van der Waals surface area contributed by atoms with Crippen molar-refractivity contribution in [1.29, 1.82) is 0 Å². The van der Waals surface area contributed by atoms with E-state index in [1.165, 1.54) is 5.56 Å². The average molecular weight is 377 g/mol. The minimum atomic E-state index is -0.242. The van der Waals surface area contributed by atoms with Crippen molar-refractivity contribution < 1.29 is 9.53 Å². The first-order valence-electron chi connectivity index (χ1n) is 7.47. The summed E-state index contributed by atoms with van der Waals surface area (Å²) in [5.74, 6) is 0.894. The number of anilines is 1. The Morgan fingerprint density at radius 3 is 2.30 bits per heavy atom. The topological polar surface area (TPSA) is 50.4 Å². The predicted octanol–water partition coefficient (Wildman–Crippen LogP) is 4.57. The molecular formula is C18H21BrN2O2. The molecule has 0 bridgehead atoms. The van der Waals surface area contributed by atoms with Crippen LogP contribution in [-0.2, 0) is 0 Å². The summed E-state index contributed by atoms with van der Waals surface area (Å²) in [6.45, 7) is 7.00. The van der Waals surface area contributed by atoms with Gasteiger partial charge in [-0.3, -0.25) is 0 Å². The highest BCUT2D eigenvalue weighted by atomic mass is 79.9. The van der Waals surface area contributed by atoms with Gasteiger partial charge in [-0.1, -0.05) is 33.6 Å². The molecule has 0 spiro atoms. The Kier molecular flexibility index (Phi) is 6.04. The van der Waals surface area contributed by atoms with Crippen LogP contribution in [0.5, 0.6) is 5.75 Å². The van der Waals surface area contributed by atoms with E-state index in [9.17, 15) is 4.79 Å². The molecule has 5 heteroatoms. The molecule has 0 atom stereocenters. The first-order chi connectivity index (χ1) is 11.0. The minimum absolute atomic E-state index is 0.242. The van der Waals surface area contributed by atoms with Crippen LogP contribution < -0.4 is 15.4 Å². The molecule has 4 nitrogen and oxygen atoms in total. The van der Waals surface area contributed by atoms with Crippen molar-refractivity contribution >= 4 is 27.6 Å². The quantitative estimate of drug-likeness (QED) is 0.750. The second kappa shape index (κ2) is 8.02. The van der Waals surface area contributed by atoms with Crippen LogP contribution in [0.15, 0.2) is 40.9 Å². The lowest BCUT2D eigenvalue weighted by Crippen LogP contribution is -2.32. The zero-order valence-electron chi connectivity index (χ0n) is 13.6. The van der Waals surface area contributed by atoms with Crippen molar-refractivity contribution in [2.75, 3.05) is 18.5 Å². The number of hydrogen-bond donors (Lipinski definition) is 2. The van der Waals surface area contributed by atoms with Gasteiger partial charge in [0.1, 0.15) is 12.4 Å². The Balaban J connectivity index is 1.77. The molecular weight excluding hydrogens is 356 g/mol. The van der Waals surface area contributed by atoms with Crippen LogP contribution in [0.2, 0.25) is 0 Å². The Hall–Kier alpha value is -2.01. The Morgan fingerprint density at radius 2 is 1.70 bits per heavy atom. The lowest BCUT2D eigenvalue weighted by molar-refractivity contribution is 0.247. The first-order valence-corrected chi connectivity index (χ1v) is 8.26. The molecule has 0 fully saturated rings. The van der Waals surface area contributed by atoms with E-state index in [1.807, 2.05) is 38.1 Å². The van der Waals surface area contributed by atoms with Gasteiger partial charge in [-0.2, -0.15) is 0 Å². The van der Waals surface area contributed by atoms with Crippen molar-refractivity contribution in [1.82, 2.24) is 5.32 Å². The molecule has 0 radical (unpaired) electrons. The number of benzene rings is 2. The van der Waals surface area contributed by atoms with Gasteiger partial charge in [0.25, 0.3) is 0 Å². The fraction of sp³-hybridized carbons (Fsp3) is 0.278. The summed E-state index contributed by atoms with van der Waals surface area (Å²) >= 11 is 3.36. The first kappa shape index (κ1) is 17.3. The van der Waals surface area contributed by atoms with Crippen LogP contribution in [0.4, 0.5) is 10.5 Å². The molecule has 0 aliphatic rings. The summed E-state index contributed by atoms with van der Waals surface area (Å²) in [6.07, 6.45) is 0. The number of carbonyl (C=O) groups excluding carboxylic acids is 1. The summed E-state index contributed by atoms with van der Waals surface area (Å²) < 4.78 is 6.76. The number of ether oxygens (including phenoxy) is 1. The molecule has 0 saturated heterocycles. The summed E-state index contributed by atoms with van der Waals surface area (Å²) in [6, 6.07) is 11.4. The third-order valence-electron chi connectivity index (χ3n) is 3.34. The monoisotopic (exact) mass is 376 g/mol. The second-order valence-electron chi connectivity index (χ2n) is 5.46. The van der Waals surface area contributed by atoms with Crippen LogP contribution >= 0.6 is 15.9 Å². The lowest BCUT2D eigenvalue weighted by Gasteiger charge is -2.13. The fourth-order valence-electron chi connectivity index (χ4n) is 2.42. The molecule has 0 saturated carbocycles. The number of rotatable bonds is 5. The van der Waals surface area contributed by atoms with Gasteiger partial charge >= 0.3 is 6.03 Å². The van der Waals surface area contributed by atoms with Gasteiger partial charge in [-0.05, 0) is 56.2 Å². The van der Waals surface area contributed by atoms with Crippen molar-refractivity contribution in [3.8, 4) is 5.75 Å². The van der Waals surface area contributed by atoms with E-state index >= 15 is 0 Å². The molecule has 0 aromatic heterocycles. The lowest BCUT2D eigenvalue weighted by atomic mass is 10.1. The molecule has 23 heavy (non-hydrogen) atoms. The second-order valence-corrected chi connectivity index (χ2v) is 6.38. The van der Waals surface area contributed by atoms with Gasteiger partial charge in [-0.15, -0.1) is 0 Å². The number of halogens is 1. The van der Waals surface area contributed by atoms with Crippen molar-refractivity contribution in [3.63, 3.8) is 0 Å². The van der Waals surface area contributed by atoms with Crippen LogP contribution in [0.25, 0.3) is 0 Å². The standard InChI is InChI=1S/C18H21BrN2O2/c1-12-10-13(2)17(14(3)11-12)23-9-8-20-18(22)21-16-6-4-15(19)5-7-16/h4-7,10-11H,8-9H2,1-3H3,(H2,20,21,22). The molecule has 0 aliphatic heterocycles. The molecule has 0 unspecified atom stereocenters. The van der Waals surface area contributed by atoms with Crippen LogP contribution in [0.3, 0.4) is 0 Å². The average Bonchev–Trinajstić information content (AvgIpc) is 2.48. The molecule has 2 aromatic rings. The highest BCUT2D eigenvalue weighted by Crippen LogP contribution is 2.24. The minimum Gasteiger partial charge on any atom is -0.491 e. The number of urea groups is 1. The Morgan fingerprint density at radius 1 is 1.09 bits per heavy atom. The van der Waals surface area contributed by atoms with Gasteiger partial charge < -0.3 is 15.4 Å². The van der Waals surface area contributed by atoms with Crippen LogP contribution in [-0.4, -0.2) is 19.2 Å². The van der Waals surface area contributed by atoms with E-state index in [0.29, 0.717) is 13.2 Å². The van der Waals surface area contributed by atoms with Crippen LogP contribution in [0, 0.1) is 20.8 Å². The van der Waals surface area contributed by atoms with Gasteiger partial charge in [0, 0.05) is 10.2 Å². The molecule has 0 aliphatic carbocycles. The number of nitrogens with one attached hydrogen (secondary N) is 2. The molecule has 2 N–H and O–H groups in total. The predicted molar refractivity (Wildman–Crippen MR) is 97.3 cm³/mol. The van der Waals surface area contributed by atoms with Crippen molar-refractivity contribution in [2.45, 2.75) is 20.8 Å². The third-order valence-corrected chi connectivity index (χ3v) is 3.87. The van der Waals surface area contributed by atoms with Gasteiger partial charge in [0.15, 0.2) is 0 Å². The van der Waals surface area contributed by atoms with E-state index in [1.54, 1.807) is 0 Å². The van der Waals surface area contributed by atoms with E-state index in [2.05, 4.69) is 45.6 Å². The number of amides is 2. The normalized spacial score (nSPS) is 10.3. The summed E-state index contributed by atoms with van der Waals surface area (Å²) in [5, 5.41) is 5.55. The fourth-order valence-corrected chi connectivity index (χ4v) is 2.68. The third kappa shape index (κ3) is 5.28. The molecule has 0 heterocycles. The zero-order valence-corrected chi connectivity index (χ0v) is 15.2. The smallest absolute Gasteiger partial charge is 0.319 e. The van der Waals surface area contributed by atoms with Crippen molar-refractivity contribution in [2.24, 2.45) is 0 Å². The Bertz CT molecular complexity index is 661. The highest BCUT2D eigenvalue weighted by Gasteiger charge is 2.06. The summed E-state index contributed by atoms with van der Waals surface area (Å²) in [5.41, 5.74) is 4.19. The highest BCUT2D eigenvalue weighted by molar-refractivity contribution is 9.10. The van der Waals surface area contributed by atoms with Crippen LogP contribution in [0.1, 0.15) is 16.7 Å². The molecule has 122 valence electrons. The molecule has 2 amide bonds.